The average Bonchev–Trinajstić information content (AvgIpc) is 3.40. The van der Waals surface area contributed by atoms with E-state index in [1.54, 1.807) is 25.7 Å². The summed E-state index contributed by atoms with van der Waals surface area (Å²) in [6.45, 7) is 0. The summed E-state index contributed by atoms with van der Waals surface area (Å²) in [6.07, 6.45) is 8.78. The van der Waals surface area contributed by atoms with E-state index in [1.165, 1.54) is 142 Å². The van der Waals surface area contributed by atoms with E-state index in [4.69, 9.17) is 0 Å². The Hall–Kier alpha value is 0. The quantitative estimate of drug-likeness (QED) is 0.488. The molecule has 0 N–H and O–H groups in total. The van der Waals surface area contributed by atoms with Gasteiger partial charge in [-0.15, -0.1) is 0 Å². The minimum atomic E-state index is 0.986. The van der Waals surface area contributed by atoms with E-state index in [-0.39, 0.29) is 0 Å². The molecule has 6 spiro atoms. The Labute approximate surface area is 206 Å². The molecule has 0 radical (unpaired) electrons. The molecule has 30 atom stereocenters. The van der Waals surface area contributed by atoms with Crippen LogP contribution >= 0.6 is 0 Å². The van der Waals surface area contributed by atoms with E-state index >= 15 is 0 Å². The molecule has 0 heteroatoms. The van der Waals surface area contributed by atoms with Gasteiger partial charge in [0.2, 0.25) is 0 Å². The third-order valence-electron chi connectivity index (χ3n) is 24.5. The van der Waals surface area contributed by atoms with Crippen molar-refractivity contribution in [2.45, 2.75) is 32.1 Å². The maximum absolute atomic E-state index is 1.83. The van der Waals surface area contributed by atoms with Gasteiger partial charge in [0.25, 0.3) is 0 Å². The van der Waals surface area contributed by atoms with Gasteiger partial charge in [0.05, 0.1) is 0 Å². The van der Waals surface area contributed by atoms with Crippen molar-refractivity contribution in [3.05, 3.63) is 0 Å². The van der Waals surface area contributed by atoms with E-state index in [0.29, 0.717) is 0 Å². The molecule has 19 fully saturated rings. The minimum Gasteiger partial charge on any atom is -0.0491 e. The Balaban J connectivity index is 0.954. The summed E-state index contributed by atoms with van der Waals surface area (Å²) in [5.41, 5.74) is 6.17. The first-order chi connectivity index (χ1) is 17.3. The molecule has 0 aromatic heterocycles. The molecule has 19 aliphatic carbocycles. The van der Waals surface area contributed by atoms with Crippen molar-refractivity contribution in [3.63, 3.8) is 0 Å². The van der Waals surface area contributed by atoms with E-state index in [0.717, 1.165) is 32.5 Å². The van der Waals surface area contributed by atoms with Gasteiger partial charge in [-0.1, -0.05) is 0 Å². The molecule has 19 saturated carbocycles. The zero-order chi connectivity index (χ0) is 20.4. The van der Waals surface area contributed by atoms with Gasteiger partial charge in [0.15, 0.2) is 0 Å². The molecule has 0 bridgehead atoms. The molecule has 0 aliphatic heterocycles. The Morgan fingerprint density at radius 3 is 1.86 bits per heavy atom. The van der Waals surface area contributed by atoms with E-state index < -0.39 is 0 Å². The SMILES string of the molecule is C1C2CC3C4C5C6C7CC89CCC8C8C%10C%11C%12C%13C%14C%15C%16C%17C%18C1C2C3%18C%17C%164C%15C%145C%13C%126C%11C7%10C89. The fraction of sp³-hybridized carbons (Fsp3) is 1.00. The standard InChI is InChI=1S/C35H34/c1-2-30-5-10-19-24-18-9-4-6-3-7-16(6)31(9)17(7)12-21-14-23-15-22-13-20-11(8(1)30)25(30)32(10,20)27(13)34(19,22)29(15)35(23,24)28(14)33(18,21)26(12)31/h6-29H,1-5H2. The predicted octanol–water partition coefficient (Wildman–Crippen LogP) is 4.90. The lowest BCUT2D eigenvalue weighted by molar-refractivity contribution is -0.575. The van der Waals surface area contributed by atoms with Gasteiger partial charge in [-0.25, -0.2) is 0 Å². The number of fused-ring (bicyclic) bond motifs is 15. The highest BCUT2D eigenvalue weighted by molar-refractivity contribution is 5.64. The number of rotatable bonds is 0. The second-order valence-electron chi connectivity index (χ2n) is 20.7. The first-order valence-corrected chi connectivity index (χ1v) is 17.3. The molecular weight excluding hydrogens is 420 g/mol. The highest BCUT2D eigenvalue weighted by atomic mass is 15.2. The summed E-state index contributed by atoms with van der Waals surface area (Å²) in [5, 5.41) is 0. The monoisotopic (exact) mass is 454 g/mol. The van der Waals surface area contributed by atoms with Crippen molar-refractivity contribution in [3.8, 4) is 0 Å². The maximum atomic E-state index is 1.83. The predicted molar refractivity (Wildman–Crippen MR) is 121 cm³/mol. The number of hydrogen-bond donors (Lipinski definition) is 0. The highest BCUT2D eigenvalue weighted by Crippen LogP contribution is 3.21. The van der Waals surface area contributed by atoms with Crippen LogP contribution in [0.15, 0.2) is 0 Å². The average molecular weight is 455 g/mol. The molecule has 0 nitrogen and oxygen atoms in total. The second kappa shape index (κ2) is 2.90. The van der Waals surface area contributed by atoms with Crippen LogP contribution in [0.25, 0.3) is 0 Å². The normalized spacial score (nSPS) is 110. The van der Waals surface area contributed by atoms with Gasteiger partial charge < -0.3 is 0 Å². The molecule has 0 saturated heterocycles. The zero-order valence-electron chi connectivity index (χ0n) is 20.4. The first kappa shape index (κ1) is 14.4. The fourth-order valence-corrected chi connectivity index (χ4v) is 27.5. The molecule has 35 heavy (non-hydrogen) atoms. The van der Waals surface area contributed by atoms with Crippen LogP contribution in [0.2, 0.25) is 0 Å². The van der Waals surface area contributed by atoms with Gasteiger partial charge in [-0.2, -0.15) is 0 Å². The van der Waals surface area contributed by atoms with E-state index in [9.17, 15) is 0 Å². The zero-order valence-corrected chi connectivity index (χ0v) is 20.4. The van der Waals surface area contributed by atoms with Gasteiger partial charge in [-0.05, 0) is 207 Å². The van der Waals surface area contributed by atoms with E-state index in [2.05, 4.69) is 0 Å². The third-order valence-corrected chi connectivity index (χ3v) is 24.5. The van der Waals surface area contributed by atoms with Crippen molar-refractivity contribution in [2.75, 3.05) is 0 Å². The first-order valence-electron chi connectivity index (χ1n) is 17.3. The van der Waals surface area contributed by atoms with Crippen molar-refractivity contribution >= 4 is 0 Å². The van der Waals surface area contributed by atoms with Crippen LogP contribution in [-0.4, -0.2) is 0 Å². The highest BCUT2D eigenvalue weighted by Gasteiger charge is 3.18. The van der Waals surface area contributed by atoms with Crippen LogP contribution in [0.4, 0.5) is 0 Å². The largest absolute Gasteiger partial charge is 0.0491 e. The summed E-state index contributed by atoms with van der Waals surface area (Å²) < 4.78 is 0. The van der Waals surface area contributed by atoms with Crippen molar-refractivity contribution < 1.29 is 0 Å². The summed E-state index contributed by atoms with van der Waals surface area (Å²) in [7, 11) is 0. The topological polar surface area (TPSA) is 0 Å². The lowest BCUT2D eigenvalue weighted by Crippen LogP contribution is -3.01. The number of hydrogen-bond acceptors (Lipinski definition) is 0. The van der Waals surface area contributed by atoms with Crippen LogP contribution in [-0.2, 0) is 0 Å². The van der Waals surface area contributed by atoms with Gasteiger partial charge in [0.1, 0.15) is 0 Å². The lowest BCUT2D eigenvalue weighted by atomic mass is 9.00. The molecule has 19 aliphatic rings. The van der Waals surface area contributed by atoms with Crippen LogP contribution in [0.3, 0.4) is 0 Å². The van der Waals surface area contributed by atoms with Crippen molar-refractivity contribution in [2.24, 2.45) is 175 Å². The van der Waals surface area contributed by atoms with Gasteiger partial charge in [-0.3, -0.25) is 0 Å². The van der Waals surface area contributed by atoms with Crippen LogP contribution in [0.5, 0.6) is 0 Å². The maximum Gasteiger partial charge on any atom is -0.0156 e. The van der Waals surface area contributed by atoms with Crippen molar-refractivity contribution in [1.82, 2.24) is 0 Å². The van der Waals surface area contributed by atoms with Crippen LogP contribution in [0, 0.1) is 175 Å². The van der Waals surface area contributed by atoms with Gasteiger partial charge >= 0.3 is 0 Å². The molecule has 174 valence electrons. The molecule has 0 aromatic carbocycles. The molecule has 0 heterocycles. The molecule has 30 unspecified atom stereocenters. The summed E-state index contributed by atoms with van der Waals surface area (Å²) >= 11 is 0. The fourth-order valence-electron chi connectivity index (χ4n) is 27.5. The van der Waals surface area contributed by atoms with Crippen LogP contribution in [0.1, 0.15) is 32.1 Å². The molecule has 0 amide bonds. The Morgan fingerprint density at radius 1 is 0.429 bits per heavy atom. The molecule has 0 aromatic rings. The Bertz CT molecular complexity index is 1540. The van der Waals surface area contributed by atoms with E-state index in [1.807, 2.05) is 6.42 Å². The smallest absolute Gasteiger partial charge is 0.0156 e. The van der Waals surface area contributed by atoms with Crippen molar-refractivity contribution in [1.29, 1.82) is 0 Å². The Kier molecular flexibility index (Phi) is 1.19. The second-order valence-corrected chi connectivity index (χ2v) is 20.7. The minimum absolute atomic E-state index is 0.986. The third kappa shape index (κ3) is 0.610. The lowest BCUT2D eigenvalue weighted by Gasteiger charge is -3.03. The molecular formula is C35H34. The summed E-state index contributed by atoms with van der Waals surface area (Å²) in [5.74, 6) is 32.0. The Morgan fingerprint density at radius 2 is 1.09 bits per heavy atom. The summed E-state index contributed by atoms with van der Waals surface area (Å²) in [4.78, 5) is 0. The summed E-state index contributed by atoms with van der Waals surface area (Å²) in [6, 6.07) is 0. The molecule has 19 rings (SSSR count). The van der Waals surface area contributed by atoms with Gasteiger partial charge in [0, 0.05) is 0 Å². The van der Waals surface area contributed by atoms with Crippen LogP contribution < -0.4 is 0 Å².